The van der Waals surface area contributed by atoms with Gasteiger partial charge in [-0.1, -0.05) is 24.3 Å². The molecule has 0 fully saturated rings. The normalized spacial score (nSPS) is 11.8. The predicted molar refractivity (Wildman–Crippen MR) is 75.9 cm³/mol. The van der Waals surface area contributed by atoms with Crippen molar-refractivity contribution < 1.29 is 12.8 Å². The summed E-state index contributed by atoms with van der Waals surface area (Å²) in [6.45, 7) is 0.130. The molecule has 0 atom stereocenters. The molecule has 2 rings (SSSR count). The Morgan fingerprint density at radius 3 is 2.50 bits per heavy atom. The number of halogens is 1. The van der Waals surface area contributed by atoms with Crippen LogP contribution in [-0.4, -0.2) is 19.8 Å². The Kier molecular flexibility index (Phi) is 4.06. The van der Waals surface area contributed by atoms with Gasteiger partial charge in [0.2, 0.25) is 10.0 Å². The van der Waals surface area contributed by atoms with Crippen LogP contribution in [0.25, 0.3) is 0 Å². The van der Waals surface area contributed by atoms with Gasteiger partial charge in [0.1, 0.15) is 5.82 Å². The van der Waals surface area contributed by atoms with E-state index in [2.05, 4.69) is 0 Å². The molecule has 0 aliphatic heterocycles. The van der Waals surface area contributed by atoms with Gasteiger partial charge in [-0.05, 0) is 29.8 Å². The number of nitrogen functional groups attached to an aromatic ring is 1. The number of anilines is 1. The number of benzene rings is 2. The summed E-state index contributed by atoms with van der Waals surface area (Å²) in [5, 5.41) is 0. The largest absolute Gasteiger partial charge is 0.398 e. The van der Waals surface area contributed by atoms with Gasteiger partial charge in [0.05, 0.1) is 4.90 Å². The van der Waals surface area contributed by atoms with Crippen LogP contribution in [0.5, 0.6) is 0 Å². The summed E-state index contributed by atoms with van der Waals surface area (Å²) in [7, 11) is -2.30. The highest BCUT2D eigenvalue weighted by Gasteiger charge is 2.21. The summed E-state index contributed by atoms with van der Waals surface area (Å²) in [6, 6.07) is 12.0. The fourth-order valence-electron chi connectivity index (χ4n) is 1.81. The molecular weight excluding hydrogens is 279 g/mol. The van der Waals surface area contributed by atoms with Crippen molar-refractivity contribution in [3.8, 4) is 0 Å². The topological polar surface area (TPSA) is 63.4 Å². The van der Waals surface area contributed by atoms with Gasteiger partial charge in [0.25, 0.3) is 0 Å². The second-order valence-corrected chi connectivity index (χ2v) is 6.46. The third-order valence-electron chi connectivity index (χ3n) is 2.95. The van der Waals surface area contributed by atoms with Crippen LogP contribution in [0, 0.1) is 5.82 Å². The van der Waals surface area contributed by atoms with E-state index in [1.54, 1.807) is 24.3 Å². The molecule has 0 aliphatic carbocycles. The molecular formula is C14H15FN2O2S. The first-order valence-electron chi connectivity index (χ1n) is 5.96. The van der Waals surface area contributed by atoms with Crippen LogP contribution in [0.1, 0.15) is 5.56 Å². The van der Waals surface area contributed by atoms with Crippen LogP contribution < -0.4 is 5.73 Å². The minimum absolute atomic E-state index is 0.0745. The molecule has 0 saturated heterocycles. The number of rotatable bonds is 4. The summed E-state index contributed by atoms with van der Waals surface area (Å²) in [4.78, 5) is -0.0745. The third kappa shape index (κ3) is 2.97. The van der Waals surface area contributed by atoms with E-state index in [9.17, 15) is 12.8 Å². The van der Waals surface area contributed by atoms with E-state index in [4.69, 9.17) is 5.73 Å². The molecule has 0 spiro atoms. The van der Waals surface area contributed by atoms with Crippen molar-refractivity contribution in [1.82, 2.24) is 4.31 Å². The Labute approximate surface area is 117 Å². The summed E-state index contributed by atoms with van der Waals surface area (Å²) < 4.78 is 38.9. The zero-order valence-corrected chi connectivity index (χ0v) is 11.8. The summed E-state index contributed by atoms with van der Waals surface area (Å²) in [5.74, 6) is -0.585. The fraction of sp³-hybridized carbons (Fsp3) is 0.143. The molecule has 6 heteroatoms. The molecule has 0 aromatic heterocycles. The van der Waals surface area contributed by atoms with Crippen molar-refractivity contribution in [3.05, 3.63) is 59.9 Å². The number of hydrogen-bond acceptors (Lipinski definition) is 3. The van der Waals surface area contributed by atoms with Gasteiger partial charge in [-0.15, -0.1) is 0 Å². The lowest BCUT2D eigenvalue weighted by atomic mass is 10.2. The Morgan fingerprint density at radius 2 is 1.85 bits per heavy atom. The highest BCUT2D eigenvalue weighted by molar-refractivity contribution is 7.89. The van der Waals surface area contributed by atoms with E-state index < -0.39 is 15.8 Å². The molecule has 0 unspecified atom stereocenters. The van der Waals surface area contributed by atoms with Crippen molar-refractivity contribution in [3.63, 3.8) is 0 Å². The van der Waals surface area contributed by atoms with E-state index in [-0.39, 0.29) is 11.4 Å². The van der Waals surface area contributed by atoms with Crippen molar-refractivity contribution in [2.45, 2.75) is 11.4 Å². The zero-order chi connectivity index (χ0) is 14.8. The number of nitrogens with two attached hydrogens (primary N) is 1. The van der Waals surface area contributed by atoms with Crippen LogP contribution in [0.3, 0.4) is 0 Å². The van der Waals surface area contributed by atoms with Gasteiger partial charge < -0.3 is 5.73 Å². The van der Waals surface area contributed by atoms with Crippen LogP contribution in [0.4, 0.5) is 10.1 Å². The molecule has 2 aromatic carbocycles. The number of sulfonamides is 1. The van der Waals surface area contributed by atoms with Crippen LogP contribution in [0.15, 0.2) is 53.4 Å². The standard InChI is InChI=1S/C14H15FN2O2S/c1-17(10-11-5-2-3-8-14(11)16)20(18,19)13-7-4-6-12(15)9-13/h2-9H,10,16H2,1H3. The summed E-state index contributed by atoms with van der Waals surface area (Å²) in [6.07, 6.45) is 0. The minimum Gasteiger partial charge on any atom is -0.398 e. The molecule has 0 bridgehead atoms. The Morgan fingerprint density at radius 1 is 1.15 bits per heavy atom. The lowest BCUT2D eigenvalue weighted by Crippen LogP contribution is -2.27. The van der Waals surface area contributed by atoms with Gasteiger partial charge >= 0.3 is 0 Å². The number of hydrogen-bond donors (Lipinski definition) is 1. The first-order valence-corrected chi connectivity index (χ1v) is 7.40. The molecule has 0 amide bonds. The molecule has 0 aliphatic rings. The molecule has 0 radical (unpaired) electrons. The molecule has 4 nitrogen and oxygen atoms in total. The molecule has 2 aromatic rings. The van der Waals surface area contributed by atoms with Crippen molar-refractivity contribution in [1.29, 1.82) is 0 Å². The average molecular weight is 294 g/mol. The summed E-state index contributed by atoms with van der Waals surface area (Å²) >= 11 is 0. The maximum Gasteiger partial charge on any atom is 0.243 e. The lowest BCUT2D eigenvalue weighted by Gasteiger charge is -2.18. The predicted octanol–water partition coefficient (Wildman–Crippen LogP) is 2.23. The third-order valence-corrected chi connectivity index (χ3v) is 4.75. The average Bonchev–Trinajstić information content (AvgIpc) is 2.41. The monoisotopic (exact) mass is 294 g/mol. The maximum atomic E-state index is 13.1. The van der Waals surface area contributed by atoms with E-state index in [0.29, 0.717) is 11.3 Å². The van der Waals surface area contributed by atoms with E-state index >= 15 is 0 Å². The quantitative estimate of drug-likeness (QED) is 0.880. The Balaban J connectivity index is 2.29. The lowest BCUT2D eigenvalue weighted by molar-refractivity contribution is 0.466. The molecule has 0 heterocycles. The van der Waals surface area contributed by atoms with Gasteiger partial charge in [-0.2, -0.15) is 4.31 Å². The van der Waals surface area contributed by atoms with Crippen LogP contribution >= 0.6 is 0 Å². The zero-order valence-electron chi connectivity index (χ0n) is 11.0. The van der Waals surface area contributed by atoms with Gasteiger partial charge in [0, 0.05) is 19.3 Å². The van der Waals surface area contributed by atoms with E-state index in [1.165, 1.54) is 25.2 Å². The minimum atomic E-state index is -3.74. The van der Waals surface area contributed by atoms with E-state index in [0.717, 1.165) is 10.4 Å². The van der Waals surface area contributed by atoms with Gasteiger partial charge in [0.15, 0.2) is 0 Å². The highest BCUT2D eigenvalue weighted by atomic mass is 32.2. The number of para-hydroxylation sites is 1. The Bertz CT molecular complexity index is 717. The summed E-state index contributed by atoms with van der Waals surface area (Å²) in [5.41, 5.74) is 7.02. The van der Waals surface area contributed by atoms with Crippen LogP contribution in [0.2, 0.25) is 0 Å². The van der Waals surface area contributed by atoms with Gasteiger partial charge in [-0.3, -0.25) is 0 Å². The van der Waals surface area contributed by atoms with Gasteiger partial charge in [-0.25, -0.2) is 12.8 Å². The number of nitrogens with zero attached hydrogens (tertiary/aromatic N) is 1. The van der Waals surface area contributed by atoms with Crippen molar-refractivity contribution >= 4 is 15.7 Å². The molecule has 20 heavy (non-hydrogen) atoms. The molecule has 2 N–H and O–H groups in total. The Hall–Kier alpha value is -1.92. The van der Waals surface area contributed by atoms with E-state index in [1.807, 2.05) is 0 Å². The highest BCUT2D eigenvalue weighted by Crippen LogP contribution is 2.19. The van der Waals surface area contributed by atoms with Crippen molar-refractivity contribution in [2.75, 3.05) is 12.8 Å². The second kappa shape index (κ2) is 5.60. The fourth-order valence-corrected chi connectivity index (χ4v) is 2.99. The van der Waals surface area contributed by atoms with Crippen molar-refractivity contribution in [2.24, 2.45) is 0 Å². The SMILES string of the molecule is CN(Cc1ccccc1N)S(=O)(=O)c1cccc(F)c1. The molecule has 0 saturated carbocycles. The second-order valence-electron chi connectivity index (χ2n) is 4.42. The first kappa shape index (κ1) is 14.5. The first-order chi connectivity index (χ1) is 9.41. The van der Waals surface area contributed by atoms with Crippen LogP contribution in [-0.2, 0) is 16.6 Å². The maximum absolute atomic E-state index is 13.1. The smallest absolute Gasteiger partial charge is 0.243 e. The molecule has 106 valence electrons.